The van der Waals surface area contributed by atoms with E-state index in [0.717, 1.165) is 48.9 Å². The van der Waals surface area contributed by atoms with Gasteiger partial charge in [0.15, 0.2) is 5.65 Å². The van der Waals surface area contributed by atoms with Gasteiger partial charge in [-0.2, -0.15) is 9.61 Å². The normalized spacial score (nSPS) is 17.9. The second kappa shape index (κ2) is 6.71. The van der Waals surface area contributed by atoms with Gasteiger partial charge in [-0.25, -0.2) is 4.98 Å². The van der Waals surface area contributed by atoms with Crippen LogP contribution < -0.4 is 16.0 Å². The standard InChI is InChI=1S/C17H18Cl2N6/c18-11-3-4-14(13(19)8-11)22-17-9-16(23-15-5-6-21-25(15)17)24-7-1-2-12(20)10-24/h3-6,8-9,12,22H,1-2,7,10,20H2/t12-/m1/s1. The van der Waals surface area contributed by atoms with Crippen LogP contribution in [-0.4, -0.2) is 33.7 Å². The van der Waals surface area contributed by atoms with Crippen LogP contribution in [0.25, 0.3) is 5.65 Å². The molecule has 25 heavy (non-hydrogen) atoms. The predicted octanol–water partition coefficient (Wildman–Crippen LogP) is 3.71. The molecule has 1 saturated heterocycles. The minimum atomic E-state index is 0.179. The van der Waals surface area contributed by atoms with Crippen molar-refractivity contribution >= 4 is 46.2 Å². The number of aromatic nitrogens is 3. The zero-order chi connectivity index (χ0) is 17.4. The first-order valence-corrected chi connectivity index (χ1v) is 8.93. The Bertz CT molecular complexity index is 909. The number of hydrogen-bond acceptors (Lipinski definition) is 5. The molecule has 0 aliphatic carbocycles. The molecule has 3 heterocycles. The maximum Gasteiger partial charge on any atom is 0.159 e. The third-order valence-corrected chi connectivity index (χ3v) is 4.87. The van der Waals surface area contributed by atoms with Gasteiger partial charge in [0, 0.05) is 36.3 Å². The van der Waals surface area contributed by atoms with Crippen molar-refractivity contribution in [3.63, 3.8) is 0 Å². The van der Waals surface area contributed by atoms with E-state index in [1.165, 1.54) is 0 Å². The molecular weight excluding hydrogens is 359 g/mol. The van der Waals surface area contributed by atoms with Gasteiger partial charge < -0.3 is 16.0 Å². The van der Waals surface area contributed by atoms with Crippen LogP contribution in [0.5, 0.6) is 0 Å². The Balaban J connectivity index is 1.73. The van der Waals surface area contributed by atoms with Crippen molar-refractivity contribution in [2.45, 2.75) is 18.9 Å². The number of fused-ring (bicyclic) bond motifs is 1. The average molecular weight is 377 g/mol. The SMILES string of the molecule is N[C@@H]1CCCN(c2cc(Nc3ccc(Cl)cc3Cl)n3nccc3n2)C1. The van der Waals surface area contributed by atoms with Crippen molar-refractivity contribution in [3.8, 4) is 0 Å². The molecule has 0 spiro atoms. The highest BCUT2D eigenvalue weighted by Gasteiger charge is 2.19. The van der Waals surface area contributed by atoms with Gasteiger partial charge in [-0.1, -0.05) is 23.2 Å². The van der Waals surface area contributed by atoms with Crippen LogP contribution in [-0.2, 0) is 0 Å². The van der Waals surface area contributed by atoms with E-state index in [-0.39, 0.29) is 6.04 Å². The second-order valence-electron chi connectivity index (χ2n) is 6.20. The van der Waals surface area contributed by atoms with Gasteiger partial charge in [0.25, 0.3) is 0 Å². The van der Waals surface area contributed by atoms with E-state index in [4.69, 9.17) is 33.9 Å². The number of anilines is 3. The molecule has 1 fully saturated rings. The lowest BCUT2D eigenvalue weighted by atomic mass is 10.1. The quantitative estimate of drug-likeness (QED) is 0.728. The van der Waals surface area contributed by atoms with Crippen molar-refractivity contribution in [3.05, 3.63) is 46.6 Å². The van der Waals surface area contributed by atoms with Crippen molar-refractivity contribution < 1.29 is 0 Å². The van der Waals surface area contributed by atoms with Crippen LogP contribution >= 0.6 is 23.2 Å². The third-order valence-electron chi connectivity index (χ3n) is 4.32. The van der Waals surface area contributed by atoms with E-state index in [1.54, 1.807) is 22.8 Å². The fourth-order valence-corrected chi connectivity index (χ4v) is 3.55. The fourth-order valence-electron chi connectivity index (χ4n) is 3.10. The summed E-state index contributed by atoms with van der Waals surface area (Å²) in [5, 5.41) is 8.82. The molecule has 8 heteroatoms. The first-order chi connectivity index (χ1) is 12.1. The van der Waals surface area contributed by atoms with Gasteiger partial charge >= 0.3 is 0 Å². The van der Waals surface area contributed by atoms with Crippen LogP contribution in [0.2, 0.25) is 10.0 Å². The van der Waals surface area contributed by atoms with Crippen LogP contribution in [0.15, 0.2) is 36.5 Å². The van der Waals surface area contributed by atoms with Crippen LogP contribution in [0.3, 0.4) is 0 Å². The van der Waals surface area contributed by atoms with Crippen LogP contribution in [0.4, 0.5) is 17.3 Å². The number of piperidine rings is 1. The second-order valence-corrected chi connectivity index (χ2v) is 7.04. The predicted molar refractivity (Wildman–Crippen MR) is 102 cm³/mol. The van der Waals surface area contributed by atoms with E-state index in [9.17, 15) is 0 Å². The molecule has 1 aromatic carbocycles. The number of halogens is 2. The Labute approximate surface area is 155 Å². The zero-order valence-corrected chi connectivity index (χ0v) is 15.0. The Hall–Kier alpha value is -2.02. The highest BCUT2D eigenvalue weighted by atomic mass is 35.5. The molecular formula is C17H18Cl2N6. The third kappa shape index (κ3) is 3.38. The van der Waals surface area contributed by atoms with Gasteiger partial charge in [-0.05, 0) is 31.0 Å². The maximum absolute atomic E-state index is 6.29. The summed E-state index contributed by atoms with van der Waals surface area (Å²) < 4.78 is 1.75. The van der Waals surface area contributed by atoms with E-state index in [0.29, 0.717) is 10.0 Å². The monoisotopic (exact) mass is 376 g/mol. The molecule has 130 valence electrons. The summed E-state index contributed by atoms with van der Waals surface area (Å²) in [6.07, 6.45) is 3.85. The van der Waals surface area contributed by atoms with Crippen LogP contribution in [0, 0.1) is 0 Å². The number of rotatable bonds is 3. The molecule has 3 N–H and O–H groups in total. The first-order valence-electron chi connectivity index (χ1n) is 8.17. The summed E-state index contributed by atoms with van der Waals surface area (Å²) in [4.78, 5) is 6.93. The minimum Gasteiger partial charge on any atom is -0.355 e. The lowest BCUT2D eigenvalue weighted by molar-refractivity contribution is 0.503. The summed E-state index contributed by atoms with van der Waals surface area (Å²) in [7, 11) is 0. The number of hydrogen-bond donors (Lipinski definition) is 2. The first kappa shape index (κ1) is 16.4. The molecule has 1 aliphatic rings. The molecule has 0 bridgehead atoms. The maximum atomic E-state index is 6.29. The van der Waals surface area contributed by atoms with Gasteiger partial charge in [-0.3, -0.25) is 0 Å². The van der Waals surface area contributed by atoms with Gasteiger partial charge in [0.2, 0.25) is 0 Å². The largest absolute Gasteiger partial charge is 0.355 e. The highest BCUT2D eigenvalue weighted by Crippen LogP contribution is 2.30. The highest BCUT2D eigenvalue weighted by molar-refractivity contribution is 6.36. The molecule has 6 nitrogen and oxygen atoms in total. The van der Waals surface area contributed by atoms with E-state index in [1.807, 2.05) is 18.2 Å². The number of benzene rings is 1. The average Bonchev–Trinajstić information content (AvgIpc) is 3.06. The van der Waals surface area contributed by atoms with Crippen molar-refractivity contribution in [2.75, 3.05) is 23.3 Å². The molecule has 4 rings (SSSR count). The van der Waals surface area contributed by atoms with E-state index < -0.39 is 0 Å². The van der Waals surface area contributed by atoms with Crippen molar-refractivity contribution in [1.29, 1.82) is 0 Å². The topological polar surface area (TPSA) is 71.5 Å². The smallest absolute Gasteiger partial charge is 0.159 e. The summed E-state index contributed by atoms with van der Waals surface area (Å²) in [6, 6.07) is 9.38. The summed E-state index contributed by atoms with van der Waals surface area (Å²) >= 11 is 12.3. The summed E-state index contributed by atoms with van der Waals surface area (Å²) in [6.45, 7) is 1.75. The molecule has 1 atom stereocenters. The lowest BCUT2D eigenvalue weighted by Gasteiger charge is -2.32. The van der Waals surface area contributed by atoms with Crippen molar-refractivity contribution in [1.82, 2.24) is 14.6 Å². The fraction of sp³-hybridized carbons (Fsp3) is 0.294. The molecule has 0 saturated carbocycles. The Morgan fingerprint density at radius 2 is 2.08 bits per heavy atom. The Morgan fingerprint density at radius 3 is 2.88 bits per heavy atom. The molecule has 0 amide bonds. The van der Waals surface area contributed by atoms with Crippen molar-refractivity contribution in [2.24, 2.45) is 5.73 Å². The number of nitrogens with two attached hydrogens (primary N) is 1. The zero-order valence-electron chi connectivity index (χ0n) is 13.5. The van der Waals surface area contributed by atoms with Gasteiger partial charge in [-0.15, -0.1) is 0 Å². The van der Waals surface area contributed by atoms with Gasteiger partial charge in [0.05, 0.1) is 16.9 Å². The van der Waals surface area contributed by atoms with E-state index in [2.05, 4.69) is 15.3 Å². The molecule has 1 aliphatic heterocycles. The molecule has 3 aromatic rings. The number of nitrogens with one attached hydrogen (secondary N) is 1. The molecule has 0 radical (unpaired) electrons. The number of nitrogens with zero attached hydrogens (tertiary/aromatic N) is 4. The lowest BCUT2D eigenvalue weighted by Crippen LogP contribution is -2.43. The van der Waals surface area contributed by atoms with Crippen LogP contribution in [0.1, 0.15) is 12.8 Å². The minimum absolute atomic E-state index is 0.179. The Morgan fingerprint density at radius 1 is 1.20 bits per heavy atom. The molecule has 2 aromatic heterocycles. The van der Waals surface area contributed by atoms with E-state index >= 15 is 0 Å². The molecule has 0 unspecified atom stereocenters. The Kier molecular flexibility index (Phi) is 4.41. The van der Waals surface area contributed by atoms with Gasteiger partial charge in [0.1, 0.15) is 11.6 Å². The summed E-state index contributed by atoms with van der Waals surface area (Å²) in [5.74, 6) is 1.67. The summed E-state index contributed by atoms with van der Waals surface area (Å²) in [5.41, 5.74) is 7.65.